The van der Waals surface area contributed by atoms with Gasteiger partial charge < -0.3 is 19.7 Å². The summed E-state index contributed by atoms with van der Waals surface area (Å²) in [6.45, 7) is 3.87. The van der Waals surface area contributed by atoms with Crippen molar-refractivity contribution in [2.24, 2.45) is 5.73 Å². The van der Waals surface area contributed by atoms with Crippen molar-refractivity contribution in [1.29, 1.82) is 0 Å². The molecule has 2 aromatic rings. The van der Waals surface area contributed by atoms with Gasteiger partial charge in [0.2, 0.25) is 11.7 Å². The zero-order valence-corrected chi connectivity index (χ0v) is 11.2. The molecule has 2 rings (SSSR count). The molecule has 0 amide bonds. The third-order valence-electron chi connectivity index (χ3n) is 2.64. The first kappa shape index (κ1) is 13.4. The van der Waals surface area contributed by atoms with Crippen LogP contribution in [0.3, 0.4) is 0 Å². The van der Waals surface area contributed by atoms with E-state index in [9.17, 15) is 0 Å². The van der Waals surface area contributed by atoms with E-state index in [0.717, 1.165) is 5.56 Å². The van der Waals surface area contributed by atoms with E-state index in [-0.39, 0.29) is 12.6 Å². The predicted molar refractivity (Wildman–Crippen MR) is 69.0 cm³/mol. The number of hydrogen-bond acceptors (Lipinski definition) is 6. The Hall–Kier alpha value is -2.08. The minimum absolute atomic E-state index is 0.0530. The van der Waals surface area contributed by atoms with Crippen LogP contribution in [0.1, 0.15) is 30.2 Å². The Balaban J connectivity index is 2.11. The van der Waals surface area contributed by atoms with Crippen molar-refractivity contribution in [2.45, 2.75) is 26.5 Å². The molecule has 102 valence electrons. The molecule has 6 heteroatoms. The zero-order chi connectivity index (χ0) is 13.8. The van der Waals surface area contributed by atoms with Crippen LogP contribution in [0.4, 0.5) is 0 Å². The van der Waals surface area contributed by atoms with Crippen LogP contribution in [-0.4, -0.2) is 17.3 Å². The minimum Gasteiger partial charge on any atom is -0.493 e. The monoisotopic (exact) mass is 263 g/mol. The molecular weight excluding hydrogens is 246 g/mol. The molecular formula is C13H17N3O3. The molecule has 0 saturated carbocycles. The zero-order valence-electron chi connectivity index (χ0n) is 11.2. The van der Waals surface area contributed by atoms with Gasteiger partial charge >= 0.3 is 0 Å². The quantitative estimate of drug-likeness (QED) is 0.888. The van der Waals surface area contributed by atoms with Crippen LogP contribution >= 0.6 is 0 Å². The molecule has 1 heterocycles. The highest BCUT2D eigenvalue weighted by atomic mass is 16.5. The molecule has 0 saturated heterocycles. The van der Waals surface area contributed by atoms with Crippen molar-refractivity contribution in [3.63, 3.8) is 0 Å². The van der Waals surface area contributed by atoms with Crippen molar-refractivity contribution in [1.82, 2.24) is 10.1 Å². The van der Waals surface area contributed by atoms with Gasteiger partial charge in [0.1, 0.15) is 0 Å². The molecule has 0 aliphatic rings. The van der Waals surface area contributed by atoms with Gasteiger partial charge in [0, 0.05) is 13.0 Å². The van der Waals surface area contributed by atoms with Crippen LogP contribution in [0.25, 0.3) is 0 Å². The molecule has 0 radical (unpaired) electrons. The van der Waals surface area contributed by atoms with Crippen molar-refractivity contribution in [3.05, 3.63) is 35.5 Å². The van der Waals surface area contributed by atoms with Crippen molar-refractivity contribution in [2.75, 3.05) is 7.11 Å². The second kappa shape index (κ2) is 5.71. The van der Waals surface area contributed by atoms with Gasteiger partial charge in [-0.15, -0.1) is 0 Å². The van der Waals surface area contributed by atoms with E-state index in [2.05, 4.69) is 10.1 Å². The average Bonchev–Trinajstić information content (AvgIpc) is 2.81. The maximum Gasteiger partial charge on any atom is 0.223 e. The second-order valence-electron chi connectivity index (χ2n) is 4.22. The van der Waals surface area contributed by atoms with E-state index in [4.69, 9.17) is 19.7 Å². The van der Waals surface area contributed by atoms with Crippen molar-refractivity contribution >= 4 is 0 Å². The highest BCUT2D eigenvalue weighted by Crippen LogP contribution is 2.30. The van der Waals surface area contributed by atoms with E-state index >= 15 is 0 Å². The van der Waals surface area contributed by atoms with Gasteiger partial charge in [0.05, 0.1) is 7.11 Å². The van der Waals surface area contributed by atoms with Crippen LogP contribution in [0, 0.1) is 6.92 Å². The molecule has 0 fully saturated rings. The van der Waals surface area contributed by atoms with Crippen molar-refractivity contribution in [3.8, 4) is 11.5 Å². The van der Waals surface area contributed by atoms with Gasteiger partial charge in [-0.2, -0.15) is 4.98 Å². The third-order valence-corrected chi connectivity index (χ3v) is 2.64. The Morgan fingerprint density at radius 3 is 2.74 bits per heavy atom. The molecule has 1 aromatic carbocycles. The second-order valence-corrected chi connectivity index (χ2v) is 4.22. The average molecular weight is 263 g/mol. The molecule has 1 aromatic heterocycles. The lowest BCUT2D eigenvalue weighted by Crippen LogP contribution is -2.06. The topological polar surface area (TPSA) is 83.4 Å². The largest absolute Gasteiger partial charge is 0.493 e. The Morgan fingerprint density at radius 1 is 1.37 bits per heavy atom. The molecule has 0 aliphatic carbocycles. The maximum absolute atomic E-state index is 5.83. The first-order valence-electron chi connectivity index (χ1n) is 5.95. The standard InChI is InChI=1S/C13H17N3O3/c1-8(14)10-4-5-11(12(6-10)17-3)18-7-13-15-9(2)19-16-13/h4-6,8H,7,14H2,1-3H3/t8-/m0/s1. The Bertz CT molecular complexity index is 552. The van der Waals surface area contributed by atoms with E-state index in [1.165, 1.54) is 0 Å². The van der Waals surface area contributed by atoms with Crippen LogP contribution < -0.4 is 15.2 Å². The summed E-state index contributed by atoms with van der Waals surface area (Å²) < 4.78 is 15.8. The van der Waals surface area contributed by atoms with Crippen molar-refractivity contribution < 1.29 is 14.0 Å². The van der Waals surface area contributed by atoms with Crippen LogP contribution in [0.15, 0.2) is 22.7 Å². The summed E-state index contributed by atoms with van der Waals surface area (Å²) in [5.74, 6) is 2.26. The van der Waals surface area contributed by atoms with E-state index in [1.807, 2.05) is 25.1 Å². The number of nitrogens with two attached hydrogens (primary N) is 1. The fourth-order valence-corrected chi connectivity index (χ4v) is 1.63. The first-order chi connectivity index (χ1) is 9.10. The Kier molecular flexibility index (Phi) is 4.01. The van der Waals surface area contributed by atoms with Gasteiger partial charge in [-0.05, 0) is 24.6 Å². The molecule has 19 heavy (non-hydrogen) atoms. The maximum atomic E-state index is 5.83. The summed E-state index contributed by atoms with van der Waals surface area (Å²) in [4.78, 5) is 4.06. The van der Waals surface area contributed by atoms with Gasteiger partial charge in [-0.1, -0.05) is 11.2 Å². The summed E-state index contributed by atoms with van der Waals surface area (Å²) in [5, 5.41) is 3.76. The Morgan fingerprint density at radius 2 is 2.16 bits per heavy atom. The molecule has 0 bridgehead atoms. The number of hydrogen-bond donors (Lipinski definition) is 1. The summed E-state index contributed by atoms with van der Waals surface area (Å²) >= 11 is 0. The molecule has 2 N–H and O–H groups in total. The summed E-state index contributed by atoms with van der Waals surface area (Å²) in [6, 6.07) is 5.54. The lowest BCUT2D eigenvalue weighted by Gasteiger charge is -2.12. The predicted octanol–water partition coefficient (Wildman–Crippen LogP) is 1.99. The lowest BCUT2D eigenvalue weighted by molar-refractivity contribution is 0.269. The fourth-order valence-electron chi connectivity index (χ4n) is 1.63. The number of aromatic nitrogens is 2. The summed E-state index contributed by atoms with van der Waals surface area (Å²) in [7, 11) is 1.59. The normalized spacial score (nSPS) is 12.2. The third kappa shape index (κ3) is 3.23. The number of benzene rings is 1. The molecule has 0 unspecified atom stereocenters. The van der Waals surface area contributed by atoms with Crippen LogP contribution in [0.5, 0.6) is 11.5 Å². The molecule has 0 spiro atoms. The fraction of sp³-hybridized carbons (Fsp3) is 0.385. The summed E-state index contributed by atoms with van der Waals surface area (Å²) in [6.07, 6.45) is 0. The summed E-state index contributed by atoms with van der Waals surface area (Å²) in [5.41, 5.74) is 6.81. The number of methoxy groups -OCH3 is 1. The van der Waals surface area contributed by atoms with Gasteiger partial charge in [0.25, 0.3) is 0 Å². The minimum atomic E-state index is -0.0530. The molecule has 0 aliphatic heterocycles. The highest BCUT2D eigenvalue weighted by molar-refractivity contribution is 5.43. The molecule has 1 atom stereocenters. The number of ether oxygens (including phenoxy) is 2. The number of nitrogens with zero attached hydrogens (tertiary/aromatic N) is 2. The Labute approximate surface area is 111 Å². The molecule has 6 nitrogen and oxygen atoms in total. The first-order valence-corrected chi connectivity index (χ1v) is 5.95. The van der Waals surface area contributed by atoms with Crippen LogP contribution in [-0.2, 0) is 6.61 Å². The van der Waals surface area contributed by atoms with Gasteiger partial charge in [0.15, 0.2) is 18.1 Å². The smallest absolute Gasteiger partial charge is 0.223 e. The van der Waals surface area contributed by atoms with Gasteiger partial charge in [-0.25, -0.2) is 0 Å². The number of rotatable bonds is 5. The van der Waals surface area contributed by atoms with E-state index in [0.29, 0.717) is 23.2 Å². The lowest BCUT2D eigenvalue weighted by atomic mass is 10.1. The number of aryl methyl sites for hydroxylation is 1. The van der Waals surface area contributed by atoms with Crippen LogP contribution in [0.2, 0.25) is 0 Å². The highest BCUT2D eigenvalue weighted by Gasteiger charge is 2.10. The van der Waals surface area contributed by atoms with E-state index < -0.39 is 0 Å². The van der Waals surface area contributed by atoms with Gasteiger partial charge in [-0.3, -0.25) is 0 Å². The van der Waals surface area contributed by atoms with E-state index in [1.54, 1.807) is 14.0 Å². The SMILES string of the molecule is COc1cc([C@H](C)N)ccc1OCc1noc(C)n1.